The molecule has 5 nitrogen and oxygen atoms in total. The Kier molecular flexibility index (Phi) is 6.45. The molecular formula is C29H29N3O2. The molecule has 0 aliphatic carbocycles. The molecule has 0 bridgehead atoms. The van der Waals surface area contributed by atoms with E-state index >= 15 is 0 Å². The van der Waals surface area contributed by atoms with Crippen molar-refractivity contribution in [2.75, 3.05) is 33.3 Å². The zero-order valence-electron chi connectivity index (χ0n) is 19.4. The van der Waals surface area contributed by atoms with Crippen LogP contribution < -0.4 is 4.74 Å². The first-order chi connectivity index (χ1) is 16.7. The highest BCUT2D eigenvalue weighted by atomic mass is 16.5. The van der Waals surface area contributed by atoms with Crippen LogP contribution in [0, 0.1) is 0 Å². The summed E-state index contributed by atoms with van der Waals surface area (Å²) in [5.74, 6) is 0.855. The smallest absolute Gasteiger partial charge is 0.253 e. The summed E-state index contributed by atoms with van der Waals surface area (Å²) in [6.45, 7) is 4.13. The first-order valence-electron chi connectivity index (χ1n) is 11.7. The molecule has 1 aliphatic heterocycles. The zero-order chi connectivity index (χ0) is 23.3. The average molecular weight is 452 g/mol. The Morgan fingerprint density at radius 2 is 1.47 bits per heavy atom. The highest BCUT2D eigenvalue weighted by Gasteiger charge is 2.22. The largest absolute Gasteiger partial charge is 0.497 e. The number of carbonyl (C=O) groups is 1. The van der Waals surface area contributed by atoms with Gasteiger partial charge in [0.1, 0.15) is 5.75 Å². The van der Waals surface area contributed by atoms with E-state index in [1.54, 1.807) is 7.11 Å². The minimum absolute atomic E-state index is 0.0908. The number of aromatic nitrogens is 1. The van der Waals surface area contributed by atoms with Gasteiger partial charge in [-0.2, -0.15) is 0 Å². The van der Waals surface area contributed by atoms with Gasteiger partial charge in [-0.15, -0.1) is 0 Å². The molecule has 5 heteroatoms. The molecule has 5 rings (SSSR count). The Bertz CT molecular complexity index is 1220. The fraction of sp³-hybridized carbons (Fsp3) is 0.207. The van der Waals surface area contributed by atoms with Crippen LogP contribution >= 0.6 is 0 Å². The highest BCUT2D eigenvalue weighted by Crippen LogP contribution is 2.27. The van der Waals surface area contributed by atoms with Crippen LogP contribution in [0.2, 0.25) is 0 Å². The Morgan fingerprint density at radius 1 is 0.794 bits per heavy atom. The van der Waals surface area contributed by atoms with Gasteiger partial charge in [0.2, 0.25) is 0 Å². The van der Waals surface area contributed by atoms with Crippen LogP contribution in [0.4, 0.5) is 0 Å². The quantitative estimate of drug-likeness (QED) is 0.409. The number of rotatable bonds is 6. The van der Waals surface area contributed by atoms with E-state index in [1.807, 2.05) is 41.3 Å². The molecule has 0 N–H and O–H groups in total. The maximum Gasteiger partial charge on any atom is 0.253 e. The lowest BCUT2D eigenvalue weighted by molar-refractivity contribution is 0.0628. The van der Waals surface area contributed by atoms with Crippen molar-refractivity contribution in [3.63, 3.8) is 0 Å². The summed E-state index contributed by atoms with van der Waals surface area (Å²) in [6.07, 6.45) is 4.15. The number of carbonyl (C=O) groups excluding carboxylic acids is 1. The minimum Gasteiger partial charge on any atom is -0.497 e. The standard InChI is InChI=1S/C29H29N3O2/c1-34-26-14-12-25(13-15-26)29(33)32-20-18-30(19-21-32)22-23-8-10-24(11-9-23)27-6-2-3-7-28(27)31-16-4-5-17-31/h2-17H,18-22H2,1H3. The highest BCUT2D eigenvalue weighted by molar-refractivity contribution is 5.94. The van der Waals surface area contributed by atoms with Crippen molar-refractivity contribution in [2.24, 2.45) is 0 Å². The van der Waals surface area contributed by atoms with E-state index in [2.05, 4.69) is 70.4 Å². The van der Waals surface area contributed by atoms with E-state index in [4.69, 9.17) is 4.74 Å². The second-order valence-corrected chi connectivity index (χ2v) is 8.60. The predicted molar refractivity (Wildman–Crippen MR) is 135 cm³/mol. The van der Waals surface area contributed by atoms with E-state index in [-0.39, 0.29) is 5.91 Å². The summed E-state index contributed by atoms with van der Waals surface area (Å²) in [6, 6.07) is 28.8. The molecule has 1 saturated heterocycles. The summed E-state index contributed by atoms with van der Waals surface area (Å²) in [7, 11) is 1.63. The van der Waals surface area contributed by atoms with Crippen molar-refractivity contribution < 1.29 is 9.53 Å². The van der Waals surface area contributed by atoms with Gasteiger partial charge >= 0.3 is 0 Å². The second kappa shape index (κ2) is 9.98. The van der Waals surface area contributed by atoms with Crippen molar-refractivity contribution >= 4 is 5.91 Å². The number of amides is 1. The third-order valence-electron chi connectivity index (χ3n) is 6.45. The van der Waals surface area contributed by atoms with Gasteiger partial charge < -0.3 is 14.2 Å². The Morgan fingerprint density at radius 3 is 2.15 bits per heavy atom. The van der Waals surface area contributed by atoms with Crippen molar-refractivity contribution in [2.45, 2.75) is 6.54 Å². The number of piperazine rings is 1. The molecule has 0 atom stereocenters. The van der Waals surface area contributed by atoms with Crippen LogP contribution in [0.1, 0.15) is 15.9 Å². The van der Waals surface area contributed by atoms with Crippen LogP contribution in [0.15, 0.2) is 97.3 Å². The first kappa shape index (κ1) is 22.0. The van der Waals surface area contributed by atoms with Crippen LogP contribution in [-0.2, 0) is 6.54 Å². The zero-order valence-corrected chi connectivity index (χ0v) is 19.4. The first-order valence-corrected chi connectivity index (χ1v) is 11.7. The SMILES string of the molecule is COc1ccc(C(=O)N2CCN(Cc3ccc(-c4ccccc4-n4cccc4)cc3)CC2)cc1. The third kappa shape index (κ3) is 4.75. The van der Waals surface area contributed by atoms with Gasteiger partial charge in [0.25, 0.3) is 5.91 Å². The van der Waals surface area contributed by atoms with E-state index in [0.717, 1.165) is 38.5 Å². The van der Waals surface area contributed by atoms with Crippen LogP contribution in [-0.4, -0.2) is 53.6 Å². The average Bonchev–Trinajstić information content (AvgIpc) is 3.44. The van der Waals surface area contributed by atoms with E-state index in [1.165, 1.54) is 22.4 Å². The van der Waals surface area contributed by atoms with Crippen LogP contribution in [0.25, 0.3) is 16.8 Å². The Labute approximate surface area is 200 Å². The molecule has 0 spiro atoms. The van der Waals surface area contributed by atoms with Gasteiger partial charge in [-0.25, -0.2) is 0 Å². The number of nitrogens with zero attached hydrogens (tertiary/aromatic N) is 3. The van der Waals surface area contributed by atoms with Crippen molar-refractivity contribution in [1.82, 2.24) is 14.4 Å². The Hall–Kier alpha value is -3.83. The second-order valence-electron chi connectivity index (χ2n) is 8.60. The fourth-order valence-electron chi connectivity index (χ4n) is 4.51. The fourth-order valence-corrected chi connectivity index (χ4v) is 4.51. The summed E-state index contributed by atoms with van der Waals surface area (Å²) >= 11 is 0. The van der Waals surface area contributed by atoms with Gasteiger partial charge in [0, 0.05) is 56.2 Å². The molecule has 1 amide bonds. The molecule has 1 fully saturated rings. The molecule has 4 aromatic rings. The van der Waals surface area contributed by atoms with Gasteiger partial charge in [0.15, 0.2) is 0 Å². The molecule has 1 aliphatic rings. The van der Waals surface area contributed by atoms with Crippen LogP contribution in [0.5, 0.6) is 5.75 Å². The maximum absolute atomic E-state index is 12.8. The molecule has 1 aromatic heterocycles. The summed E-state index contributed by atoms with van der Waals surface area (Å²) in [4.78, 5) is 17.2. The van der Waals surface area contributed by atoms with Gasteiger partial charge in [-0.1, -0.05) is 42.5 Å². The van der Waals surface area contributed by atoms with Gasteiger partial charge in [0.05, 0.1) is 12.8 Å². The van der Waals surface area contributed by atoms with E-state index < -0.39 is 0 Å². The molecular weight excluding hydrogens is 422 g/mol. The molecule has 0 unspecified atom stereocenters. The molecule has 0 saturated carbocycles. The lowest BCUT2D eigenvalue weighted by atomic mass is 10.0. The number of methoxy groups -OCH3 is 1. The summed E-state index contributed by atoms with van der Waals surface area (Å²) in [5, 5.41) is 0. The van der Waals surface area contributed by atoms with Crippen molar-refractivity contribution in [3.8, 4) is 22.6 Å². The molecule has 34 heavy (non-hydrogen) atoms. The number of hydrogen-bond donors (Lipinski definition) is 0. The number of hydrogen-bond acceptors (Lipinski definition) is 3. The molecule has 0 radical (unpaired) electrons. The van der Waals surface area contributed by atoms with E-state index in [0.29, 0.717) is 5.56 Å². The van der Waals surface area contributed by atoms with Gasteiger partial charge in [-0.05, 0) is 53.6 Å². The normalized spacial score (nSPS) is 14.2. The minimum atomic E-state index is 0.0908. The third-order valence-corrected chi connectivity index (χ3v) is 6.45. The monoisotopic (exact) mass is 451 g/mol. The lowest BCUT2D eigenvalue weighted by Gasteiger charge is -2.34. The maximum atomic E-state index is 12.8. The predicted octanol–water partition coefficient (Wildman–Crippen LogP) is 5.11. The van der Waals surface area contributed by atoms with Gasteiger partial charge in [-0.3, -0.25) is 9.69 Å². The Balaban J connectivity index is 1.20. The summed E-state index contributed by atoms with van der Waals surface area (Å²) < 4.78 is 7.34. The summed E-state index contributed by atoms with van der Waals surface area (Å²) in [5.41, 5.74) is 5.61. The number of benzene rings is 3. The lowest BCUT2D eigenvalue weighted by Crippen LogP contribution is -2.48. The van der Waals surface area contributed by atoms with Crippen molar-refractivity contribution in [1.29, 1.82) is 0 Å². The molecule has 172 valence electrons. The molecule has 3 aromatic carbocycles. The van der Waals surface area contributed by atoms with Crippen molar-refractivity contribution in [3.05, 3.63) is 108 Å². The number of para-hydroxylation sites is 1. The van der Waals surface area contributed by atoms with E-state index in [9.17, 15) is 4.79 Å². The number of ether oxygens (including phenoxy) is 1. The molecule has 2 heterocycles. The van der Waals surface area contributed by atoms with Crippen LogP contribution in [0.3, 0.4) is 0 Å². The topological polar surface area (TPSA) is 37.7 Å².